The van der Waals surface area contributed by atoms with Gasteiger partial charge in [-0.1, -0.05) is 35.3 Å². The molecule has 5 nitrogen and oxygen atoms in total. The van der Waals surface area contributed by atoms with Crippen molar-refractivity contribution in [2.45, 2.75) is 6.10 Å². The van der Waals surface area contributed by atoms with Crippen LogP contribution in [0, 0.1) is 0 Å². The summed E-state index contributed by atoms with van der Waals surface area (Å²) >= 11 is 12.1. The Morgan fingerprint density at radius 2 is 2.00 bits per heavy atom. The Morgan fingerprint density at radius 1 is 1.29 bits per heavy atom. The van der Waals surface area contributed by atoms with Crippen molar-refractivity contribution in [3.63, 3.8) is 0 Å². The van der Waals surface area contributed by atoms with Gasteiger partial charge in [-0.3, -0.25) is 4.79 Å². The van der Waals surface area contributed by atoms with E-state index in [-0.39, 0.29) is 12.5 Å². The van der Waals surface area contributed by atoms with E-state index in [0.29, 0.717) is 33.5 Å². The van der Waals surface area contributed by atoms with Gasteiger partial charge in [0.1, 0.15) is 5.82 Å². The summed E-state index contributed by atoms with van der Waals surface area (Å²) in [5.74, 6) is 0.300. The minimum Gasteiger partial charge on any atom is -0.386 e. The maximum Gasteiger partial charge on any atom is 0.253 e. The van der Waals surface area contributed by atoms with Crippen LogP contribution in [0.15, 0.2) is 49.2 Å². The fraction of sp³-hybridized carbons (Fsp3) is 0.176. The molecular formula is C17H17Cl2N3O2. The van der Waals surface area contributed by atoms with E-state index in [1.807, 2.05) is 0 Å². The van der Waals surface area contributed by atoms with E-state index in [9.17, 15) is 9.90 Å². The molecule has 0 saturated heterocycles. The van der Waals surface area contributed by atoms with Gasteiger partial charge in [0.25, 0.3) is 5.91 Å². The number of aliphatic hydroxyl groups is 1. The van der Waals surface area contributed by atoms with E-state index >= 15 is 0 Å². The van der Waals surface area contributed by atoms with Crippen LogP contribution in [0.5, 0.6) is 0 Å². The second kappa shape index (κ2) is 8.68. The highest BCUT2D eigenvalue weighted by atomic mass is 35.5. The number of halogens is 2. The number of hydrogen-bond donors (Lipinski definition) is 3. The first-order chi connectivity index (χ1) is 11.5. The summed E-state index contributed by atoms with van der Waals surface area (Å²) in [5, 5.41) is 16.7. The zero-order valence-corrected chi connectivity index (χ0v) is 14.3. The maximum absolute atomic E-state index is 11.8. The highest BCUT2D eigenvalue weighted by Gasteiger charge is 2.15. The molecule has 0 fully saturated rings. The van der Waals surface area contributed by atoms with Crippen molar-refractivity contribution < 1.29 is 9.90 Å². The summed E-state index contributed by atoms with van der Waals surface area (Å²) in [6, 6.07) is 8.35. The Morgan fingerprint density at radius 3 is 2.58 bits per heavy atom. The predicted octanol–water partition coefficient (Wildman–Crippen LogP) is 3.45. The molecule has 2 aromatic rings. The monoisotopic (exact) mass is 365 g/mol. The lowest BCUT2D eigenvalue weighted by molar-refractivity contribution is 0.0957. The highest BCUT2D eigenvalue weighted by Crippen LogP contribution is 2.30. The third-order valence-electron chi connectivity index (χ3n) is 3.24. The van der Waals surface area contributed by atoms with E-state index in [2.05, 4.69) is 22.2 Å². The first-order valence-corrected chi connectivity index (χ1v) is 7.99. The van der Waals surface area contributed by atoms with Crippen LogP contribution in [0.4, 0.5) is 5.82 Å². The molecular weight excluding hydrogens is 349 g/mol. The molecule has 3 N–H and O–H groups in total. The van der Waals surface area contributed by atoms with Crippen molar-refractivity contribution in [2.24, 2.45) is 0 Å². The molecule has 7 heteroatoms. The van der Waals surface area contributed by atoms with E-state index in [0.717, 1.165) is 0 Å². The van der Waals surface area contributed by atoms with Gasteiger partial charge in [-0.05, 0) is 24.3 Å². The number of nitrogens with zero attached hydrogens (tertiary/aromatic N) is 1. The van der Waals surface area contributed by atoms with Crippen LogP contribution in [-0.4, -0.2) is 29.1 Å². The van der Waals surface area contributed by atoms with Crippen LogP contribution in [0.2, 0.25) is 10.0 Å². The molecule has 0 bridgehead atoms. The fourth-order valence-electron chi connectivity index (χ4n) is 2.03. The van der Waals surface area contributed by atoms with Crippen molar-refractivity contribution in [1.29, 1.82) is 0 Å². The summed E-state index contributed by atoms with van der Waals surface area (Å²) in [4.78, 5) is 15.9. The fourth-order valence-corrected chi connectivity index (χ4v) is 2.68. The van der Waals surface area contributed by atoms with Gasteiger partial charge in [0.15, 0.2) is 0 Å². The van der Waals surface area contributed by atoms with Crippen molar-refractivity contribution >= 4 is 34.9 Å². The van der Waals surface area contributed by atoms with E-state index in [4.69, 9.17) is 23.2 Å². The lowest BCUT2D eigenvalue weighted by Crippen LogP contribution is -2.23. The maximum atomic E-state index is 11.8. The Bertz CT molecular complexity index is 700. The summed E-state index contributed by atoms with van der Waals surface area (Å²) < 4.78 is 0. The summed E-state index contributed by atoms with van der Waals surface area (Å²) in [7, 11) is 0. The molecule has 1 heterocycles. The van der Waals surface area contributed by atoms with Crippen molar-refractivity contribution in [2.75, 3.05) is 18.4 Å². The van der Waals surface area contributed by atoms with Crippen LogP contribution in [0.1, 0.15) is 22.0 Å². The number of benzene rings is 1. The normalized spacial score (nSPS) is 11.6. The van der Waals surface area contributed by atoms with Crippen LogP contribution < -0.4 is 10.6 Å². The lowest BCUT2D eigenvalue weighted by atomic mass is 10.1. The predicted molar refractivity (Wildman–Crippen MR) is 96.7 cm³/mol. The quantitative estimate of drug-likeness (QED) is 0.657. The molecule has 1 amide bonds. The Hall–Kier alpha value is -2.08. The van der Waals surface area contributed by atoms with Gasteiger partial charge in [-0.15, -0.1) is 6.58 Å². The molecule has 0 aliphatic rings. The van der Waals surface area contributed by atoms with E-state index in [1.54, 1.807) is 36.4 Å². The average molecular weight is 366 g/mol. The average Bonchev–Trinajstić information content (AvgIpc) is 2.58. The number of hydrogen-bond acceptors (Lipinski definition) is 4. The largest absolute Gasteiger partial charge is 0.386 e. The lowest BCUT2D eigenvalue weighted by Gasteiger charge is -2.15. The smallest absolute Gasteiger partial charge is 0.253 e. The standard InChI is InChI=1S/C17H17Cl2N3O2/c1-2-8-20-17(24)11-6-7-15(21-9-11)22-10-14(23)16-12(18)4-3-5-13(16)19/h2-7,9,14,23H,1,8,10H2,(H,20,24)(H,21,22). The molecule has 0 spiro atoms. The van der Waals surface area contributed by atoms with Crippen LogP contribution in [0.25, 0.3) is 0 Å². The molecule has 126 valence electrons. The number of carbonyl (C=O) groups is 1. The zero-order chi connectivity index (χ0) is 17.5. The third-order valence-corrected chi connectivity index (χ3v) is 3.90. The molecule has 0 aliphatic carbocycles. The number of amides is 1. The number of pyridine rings is 1. The van der Waals surface area contributed by atoms with Gasteiger partial charge in [0.2, 0.25) is 0 Å². The van der Waals surface area contributed by atoms with E-state index in [1.165, 1.54) is 6.20 Å². The third kappa shape index (κ3) is 4.71. The molecule has 1 aromatic heterocycles. The molecule has 1 aromatic carbocycles. The highest BCUT2D eigenvalue weighted by molar-refractivity contribution is 6.36. The number of rotatable bonds is 7. The van der Waals surface area contributed by atoms with Gasteiger partial charge >= 0.3 is 0 Å². The second-order valence-corrected chi connectivity index (χ2v) is 5.78. The molecule has 0 aliphatic heterocycles. The van der Waals surface area contributed by atoms with Gasteiger partial charge in [-0.2, -0.15) is 0 Å². The van der Waals surface area contributed by atoms with Crippen molar-refractivity contribution in [3.05, 3.63) is 70.4 Å². The zero-order valence-electron chi connectivity index (χ0n) is 12.8. The number of nitrogens with one attached hydrogen (secondary N) is 2. The number of aliphatic hydroxyl groups excluding tert-OH is 1. The number of carbonyl (C=O) groups excluding carboxylic acids is 1. The van der Waals surface area contributed by atoms with Gasteiger partial charge in [0.05, 0.1) is 11.7 Å². The minimum atomic E-state index is -0.886. The minimum absolute atomic E-state index is 0.179. The van der Waals surface area contributed by atoms with Crippen LogP contribution in [-0.2, 0) is 0 Å². The molecule has 24 heavy (non-hydrogen) atoms. The van der Waals surface area contributed by atoms with Gasteiger partial charge < -0.3 is 15.7 Å². The van der Waals surface area contributed by atoms with Crippen LogP contribution in [0.3, 0.4) is 0 Å². The van der Waals surface area contributed by atoms with Crippen LogP contribution >= 0.6 is 23.2 Å². The molecule has 1 unspecified atom stereocenters. The summed E-state index contributed by atoms with van der Waals surface area (Å²) in [6.07, 6.45) is 2.17. The molecule has 1 atom stereocenters. The van der Waals surface area contributed by atoms with Gasteiger partial charge in [-0.25, -0.2) is 4.98 Å². The second-order valence-electron chi connectivity index (χ2n) is 4.96. The van der Waals surface area contributed by atoms with Gasteiger partial charge in [0, 0.05) is 34.9 Å². The summed E-state index contributed by atoms with van der Waals surface area (Å²) in [6.45, 7) is 4.11. The van der Waals surface area contributed by atoms with Crippen molar-refractivity contribution in [3.8, 4) is 0 Å². The first-order valence-electron chi connectivity index (χ1n) is 7.24. The van der Waals surface area contributed by atoms with Crippen molar-refractivity contribution in [1.82, 2.24) is 10.3 Å². The Labute approximate surface area is 150 Å². The topological polar surface area (TPSA) is 74.2 Å². The number of anilines is 1. The SMILES string of the molecule is C=CCNC(=O)c1ccc(NCC(O)c2c(Cl)cccc2Cl)nc1. The first kappa shape index (κ1) is 18.3. The summed E-state index contributed by atoms with van der Waals surface area (Å²) in [5.41, 5.74) is 0.908. The molecule has 0 saturated carbocycles. The Balaban J connectivity index is 1.97. The molecule has 0 radical (unpaired) electrons. The molecule has 2 rings (SSSR count). The Kier molecular flexibility index (Phi) is 6.61. The number of aromatic nitrogens is 1. The van der Waals surface area contributed by atoms with E-state index < -0.39 is 6.10 Å².